The number of piperidine rings is 1. The van der Waals surface area contributed by atoms with Gasteiger partial charge in [0.25, 0.3) is 5.91 Å². The van der Waals surface area contributed by atoms with E-state index in [4.69, 9.17) is 9.47 Å². The van der Waals surface area contributed by atoms with Crippen LogP contribution >= 0.6 is 0 Å². The van der Waals surface area contributed by atoms with Crippen molar-refractivity contribution in [3.05, 3.63) is 65.2 Å². The van der Waals surface area contributed by atoms with Gasteiger partial charge in [-0.15, -0.1) is 0 Å². The molecular weight excluding hydrogens is 380 g/mol. The van der Waals surface area contributed by atoms with E-state index in [1.165, 1.54) is 5.56 Å². The third kappa shape index (κ3) is 4.19. The molecule has 3 unspecified atom stereocenters. The van der Waals surface area contributed by atoms with Crippen molar-refractivity contribution in [1.29, 1.82) is 0 Å². The molecule has 0 radical (unpaired) electrons. The van der Waals surface area contributed by atoms with Crippen molar-refractivity contribution in [2.45, 2.75) is 31.4 Å². The number of nitrogens with zero attached hydrogens (tertiary/aromatic N) is 1. The average Bonchev–Trinajstić information content (AvgIpc) is 2.77. The highest BCUT2D eigenvalue weighted by Crippen LogP contribution is 2.35. The molecule has 2 aromatic rings. The van der Waals surface area contributed by atoms with E-state index in [0.717, 1.165) is 30.7 Å². The molecule has 158 valence electrons. The van der Waals surface area contributed by atoms with Gasteiger partial charge in [-0.25, -0.2) is 4.79 Å². The molecular formula is C24H28N2O4. The molecule has 30 heavy (non-hydrogen) atoms. The second kappa shape index (κ2) is 8.88. The number of benzene rings is 2. The molecule has 0 aromatic heterocycles. The molecule has 4 rings (SSSR count). The SMILES string of the molecule is COc1ccc(C2C(CNC(=O)C3Cc4ccccc4C(=O)O3)CCCN2C)cc1. The second-order valence-electron chi connectivity index (χ2n) is 8.10. The Kier molecular flexibility index (Phi) is 6.04. The zero-order valence-corrected chi connectivity index (χ0v) is 17.5. The Balaban J connectivity index is 1.42. The van der Waals surface area contributed by atoms with E-state index in [-0.39, 0.29) is 17.9 Å². The third-order valence-electron chi connectivity index (χ3n) is 6.19. The number of esters is 1. The van der Waals surface area contributed by atoms with Crippen molar-refractivity contribution in [2.75, 3.05) is 27.2 Å². The lowest BCUT2D eigenvalue weighted by Gasteiger charge is -2.40. The molecule has 1 amide bonds. The minimum absolute atomic E-state index is 0.222. The maximum absolute atomic E-state index is 12.8. The number of amides is 1. The van der Waals surface area contributed by atoms with E-state index in [9.17, 15) is 9.59 Å². The number of cyclic esters (lactones) is 1. The summed E-state index contributed by atoms with van der Waals surface area (Å²) in [6.45, 7) is 1.58. The van der Waals surface area contributed by atoms with Gasteiger partial charge in [0, 0.05) is 19.0 Å². The molecule has 3 atom stereocenters. The summed E-state index contributed by atoms with van der Waals surface area (Å²) in [5, 5.41) is 3.05. The fourth-order valence-corrected chi connectivity index (χ4v) is 4.62. The molecule has 1 N–H and O–H groups in total. The number of hydrogen-bond donors (Lipinski definition) is 1. The van der Waals surface area contributed by atoms with Crippen LogP contribution < -0.4 is 10.1 Å². The first-order chi connectivity index (χ1) is 14.6. The van der Waals surface area contributed by atoms with Crippen LogP contribution in [0.2, 0.25) is 0 Å². The van der Waals surface area contributed by atoms with E-state index in [2.05, 4.69) is 29.4 Å². The fourth-order valence-electron chi connectivity index (χ4n) is 4.62. The molecule has 6 nitrogen and oxygen atoms in total. The quantitative estimate of drug-likeness (QED) is 0.771. The number of hydrogen-bond acceptors (Lipinski definition) is 5. The summed E-state index contributed by atoms with van der Waals surface area (Å²) in [6.07, 6.45) is 1.78. The van der Waals surface area contributed by atoms with E-state index >= 15 is 0 Å². The molecule has 0 bridgehead atoms. The van der Waals surface area contributed by atoms with E-state index in [0.29, 0.717) is 18.5 Å². The van der Waals surface area contributed by atoms with Gasteiger partial charge in [-0.1, -0.05) is 30.3 Å². The van der Waals surface area contributed by atoms with E-state index in [1.54, 1.807) is 19.2 Å². The van der Waals surface area contributed by atoms with Gasteiger partial charge in [-0.3, -0.25) is 9.69 Å². The Bertz CT molecular complexity index is 912. The summed E-state index contributed by atoms with van der Waals surface area (Å²) in [5.74, 6) is 0.471. The summed E-state index contributed by atoms with van der Waals surface area (Å²) >= 11 is 0. The summed E-state index contributed by atoms with van der Waals surface area (Å²) in [4.78, 5) is 27.4. The predicted molar refractivity (Wildman–Crippen MR) is 113 cm³/mol. The average molecular weight is 408 g/mol. The molecule has 0 saturated carbocycles. The van der Waals surface area contributed by atoms with Gasteiger partial charge < -0.3 is 14.8 Å². The summed E-state index contributed by atoms with van der Waals surface area (Å²) in [7, 11) is 3.79. The van der Waals surface area contributed by atoms with Crippen LogP contribution in [0.1, 0.15) is 40.4 Å². The minimum atomic E-state index is -0.770. The lowest BCUT2D eigenvalue weighted by Crippen LogP contribution is -2.46. The lowest BCUT2D eigenvalue weighted by molar-refractivity contribution is -0.130. The summed E-state index contributed by atoms with van der Waals surface area (Å²) < 4.78 is 10.7. The fraction of sp³-hybridized carbons (Fsp3) is 0.417. The Morgan fingerprint density at radius 1 is 1.20 bits per heavy atom. The molecule has 2 aromatic carbocycles. The van der Waals surface area contributed by atoms with Gasteiger partial charge in [0.05, 0.1) is 12.7 Å². The van der Waals surface area contributed by atoms with E-state index < -0.39 is 12.1 Å². The largest absolute Gasteiger partial charge is 0.497 e. The molecule has 1 saturated heterocycles. The number of nitrogens with one attached hydrogen (secondary N) is 1. The van der Waals surface area contributed by atoms with Crippen molar-refractivity contribution in [2.24, 2.45) is 5.92 Å². The van der Waals surface area contributed by atoms with Crippen molar-refractivity contribution in [1.82, 2.24) is 10.2 Å². The highest BCUT2D eigenvalue weighted by molar-refractivity contribution is 5.95. The number of carbonyl (C=O) groups is 2. The minimum Gasteiger partial charge on any atom is -0.497 e. The van der Waals surface area contributed by atoms with Gasteiger partial charge in [-0.2, -0.15) is 0 Å². The first-order valence-electron chi connectivity index (χ1n) is 10.5. The van der Waals surface area contributed by atoms with Crippen LogP contribution in [0.5, 0.6) is 5.75 Å². The number of ether oxygens (including phenoxy) is 2. The standard InChI is InChI=1S/C24H28N2O4/c1-26-13-5-7-18(22(26)16-9-11-19(29-2)12-10-16)15-25-23(27)21-14-17-6-3-4-8-20(17)24(28)30-21/h3-4,6,8-12,18,21-22H,5,7,13-15H2,1-2H3,(H,25,27). The van der Waals surface area contributed by atoms with Crippen LogP contribution in [0, 0.1) is 5.92 Å². The maximum atomic E-state index is 12.8. The number of likely N-dealkylation sites (tertiary alicyclic amines) is 1. The van der Waals surface area contributed by atoms with Gasteiger partial charge in [-0.05, 0) is 61.7 Å². The topological polar surface area (TPSA) is 67.9 Å². The molecule has 2 aliphatic heterocycles. The molecule has 2 heterocycles. The first-order valence-corrected chi connectivity index (χ1v) is 10.5. The summed E-state index contributed by atoms with van der Waals surface area (Å²) in [6, 6.07) is 15.7. The zero-order chi connectivity index (χ0) is 21.1. The molecule has 0 aliphatic carbocycles. The van der Waals surface area contributed by atoms with Crippen LogP contribution in [-0.4, -0.2) is 50.1 Å². The number of rotatable bonds is 5. The Morgan fingerprint density at radius 3 is 2.73 bits per heavy atom. The van der Waals surface area contributed by atoms with Gasteiger partial charge in [0.15, 0.2) is 6.10 Å². The van der Waals surface area contributed by atoms with Crippen LogP contribution in [0.25, 0.3) is 0 Å². The van der Waals surface area contributed by atoms with Crippen molar-refractivity contribution < 1.29 is 19.1 Å². The lowest BCUT2D eigenvalue weighted by atomic mass is 9.84. The highest BCUT2D eigenvalue weighted by atomic mass is 16.5. The molecule has 0 spiro atoms. The number of carbonyl (C=O) groups excluding carboxylic acids is 2. The van der Waals surface area contributed by atoms with Gasteiger partial charge in [0.1, 0.15) is 5.75 Å². The maximum Gasteiger partial charge on any atom is 0.339 e. The van der Waals surface area contributed by atoms with Crippen LogP contribution in [0.15, 0.2) is 48.5 Å². The second-order valence-corrected chi connectivity index (χ2v) is 8.10. The zero-order valence-electron chi connectivity index (χ0n) is 17.5. The predicted octanol–water partition coefficient (Wildman–Crippen LogP) is 2.98. The van der Waals surface area contributed by atoms with Crippen LogP contribution in [0.4, 0.5) is 0 Å². The van der Waals surface area contributed by atoms with E-state index in [1.807, 2.05) is 24.3 Å². The molecule has 2 aliphatic rings. The Labute approximate surface area is 177 Å². The normalized spacial score (nSPS) is 23.9. The molecule has 6 heteroatoms. The third-order valence-corrected chi connectivity index (χ3v) is 6.19. The smallest absolute Gasteiger partial charge is 0.339 e. The first kappa shape index (κ1) is 20.4. The Morgan fingerprint density at radius 2 is 1.97 bits per heavy atom. The number of methoxy groups -OCH3 is 1. The Hall–Kier alpha value is -2.86. The van der Waals surface area contributed by atoms with Crippen molar-refractivity contribution >= 4 is 11.9 Å². The van der Waals surface area contributed by atoms with Gasteiger partial charge >= 0.3 is 5.97 Å². The summed E-state index contributed by atoms with van der Waals surface area (Å²) in [5.41, 5.74) is 2.63. The van der Waals surface area contributed by atoms with Crippen LogP contribution in [0.3, 0.4) is 0 Å². The van der Waals surface area contributed by atoms with Gasteiger partial charge in [0.2, 0.25) is 0 Å². The van der Waals surface area contributed by atoms with Crippen molar-refractivity contribution in [3.63, 3.8) is 0 Å². The van der Waals surface area contributed by atoms with Crippen molar-refractivity contribution in [3.8, 4) is 5.75 Å². The monoisotopic (exact) mass is 408 g/mol. The highest BCUT2D eigenvalue weighted by Gasteiger charge is 2.34. The molecule has 1 fully saturated rings. The van der Waals surface area contributed by atoms with Crippen LogP contribution in [-0.2, 0) is 16.0 Å². The number of fused-ring (bicyclic) bond motifs is 1.